The largest absolute Gasteiger partial charge is 0.491 e. The number of nitrogens with one attached hydrogen (secondary N) is 1. The van der Waals surface area contributed by atoms with Crippen molar-refractivity contribution in [2.24, 2.45) is 0 Å². The molecule has 3 nitrogen and oxygen atoms in total. The van der Waals surface area contributed by atoms with Crippen molar-refractivity contribution >= 4 is 11.8 Å². The van der Waals surface area contributed by atoms with Gasteiger partial charge in [0.2, 0.25) is 0 Å². The Morgan fingerprint density at radius 3 is 3.05 bits per heavy atom. The molecule has 1 aromatic carbocycles. The molecule has 21 heavy (non-hydrogen) atoms. The van der Waals surface area contributed by atoms with E-state index in [1.54, 1.807) is 0 Å². The Bertz CT molecular complexity index is 427. The van der Waals surface area contributed by atoms with E-state index in [-0.39, 0.29) is 0 Å². The van der Waals surface area contributed by atoms with Crippen molar-refractivity contribution in [2.45, 2.75) is 50.0 Å². The molecule has 1 saturated carbocycles. The van der Waals surface area contributed by atoms with E-state index in [1.807, 2.05) is 43.0 Å². The van der Waals surface area contributed by atoms with E-state index in [0.717, 1.165) is 11.0 Å². The monoisotopic (exact) mass is 309 g/mol. The molecule has 1 aliphatic rings. The summed E-state index contributed by atoms with van der Waals surface area (Å²) in [5.74, 6) is 0.828. The van der Waals surface area contributed by atoms with Crippen LogP contribution in [0.1, 0.15) is 31.2 Å². The first kappa shape index (κ1) is 16.7. The maximum atomic E-state index is 10.0. The summed E-state index contributed by atoms with van der Waals surface area (Å²) in [7, 11) is 0. The van der Waals surface area contributed by atoms with Gasteiger partial charge < -0.3 is 15.2 Å². The molecule has 3 unspecified atom stereocenters. The van der Waals surface area contributed by atoms with Gasteiger partial charge in [0, 0.05) is 17.8 Å². The molecule has 1 fully saturated rings. The van der Waals surface area contributed by atoms with E-state index in [2.05, 4.69) is 11.6 Å². The second-order valence-electron chi connectivity index (χ2n) is 5.91. The molecule has 0 amide bonds. The summed E-state index contributed by atoms with van der Waals surface area (Å²) in [4.78, 5) is 0. The van der Waals surface area contributed by atoms with Crippen LogP contribution >= 0.6 is 11.8 Å². The third kappa shape index (κ3) is 5.89. The molecule has 0 radical (unpaired) electrons. The first-order chi connectivity index (χ1) is 10.2. The third-order valence-corrected chi connectivity index (χ3v) is 5.13. The van der Waals surface area contributed by atoms with Crippen LogP contribution in [0.2, 0.25) is 0 Å². The lowest BCUT2D eigenvalue weighted by atomic mass is 9.95. The zero-order valence-corrected chi connectivity index (χ0v) is 13.9. The van der Waals surface area contributed by atoms with Gasteiger partial charge in [-0.15, -0.1) is 0 Å². The molecule has 2 N–H and O–H groups in total. The van der Waals surface area contributed by atoms with Gasteiger partial charge in [-0.3, -0.25) is 0 Å². The molecule has 4 heteroatoms. The van der Waals surface area contributed by atoms with Gasteiger partial charge in [-0.05, 0) is 50.1 Å². The lowest BCUT2D eigenvalue weighted by Crippen LogP contribution is -2.41. The standard InChI is InChI=1S/C17H27NO2S/c1-13-5-3-7-16(9-13)20-12-15(19)11-18-14-6-4-8-17(10-14)21-2/h3,5,7,9,14-15,17-19H,4,6,8,10-12H2,1-2H3. The Kier molecular flexibility index (Phi) is 6.87. The number of hydrogen-bond donors (Lipinski definition) is 2. The predicted molar refractivity (Wildman–Crippen MR) is 90.2 cm³/mol. The number of ether oxygens (including phenoxy) is 1. The van der Waals surface area contributed by atoms with Crippen LogP contribution in [0.3, 0.4) is 0 Å². The van der Waals surface area contributed by atoms with Gasteiger partial charge in [-0.2, -0.15) is 11.8 Å². The minimum Gasteiger partial charge on any atom is -0.491 e. The number of benzene rings is 1. The molecule has 0 aromatic heterocycles. The number of rotatable bonds is 7. The average molecular weight is 309 g/mol. The van der Waals surface area contributed by atoms with Crippen molar-refractivity contribution in [1.82, 2.24) is 5.32 Å². The lowest BCUT2D eigenvalue weighted by molar-refractivity contribution is 0.102. The van der Waals surface area contributed by atoms with Gasteiger partial charge in [0.15, 0.2) is 0 Å². The Morgan fingerprint density at radius 1 is 1.43 bits per heavy atom. The molecule has 3 atom stereocenters. The highest BCUT2D eigenvalue weighted by atomic mass is 32.2. The zero-order chi connectivity index (χ0) is 15.1. The predicted octanol–water partition coefficient (Wildman–Crippen LogP) is 3.00. The number of aliphatic hydroxyl groups excluding tert-OH is 1. The smallest absolute Gasteiger partial charge is 0.119 e. The average Bonchev–Trinajstić information content (AvgIpc) is 2.51. The van der Waals surface area contributed by atoms with Crippen LogP contribution in [0.25, 0.3) is 0 Å². The second-order valence-corrected chi connectivity index (χ2v) is 7.05. The Labute approximate surface area is 132 Å². The van der Waals surface area contributed by atoms with E-state index >= 15 is 0 Å². The molecule has 0 saturated heterocycles. The zero-order valence-electron chi connectivity index (χ0n) is 13.0. The summed E-state index contributed by atoms with van der Waals surface area (Å²) < 4.78 is 5.64. The summed E-state index contributed by atoms with van der Waals surface area (Å²) in [5.41, 5.74) is 1.17. The molecular formula is C17H27NO2S. The molecule has 0 bridgehead atoms. The van der Waals surface area contributed by atoms with Gasteiger partial charge >= 0.3 is 0 Å². The van der Waals surface area contributed by atoms with Gasteiger partial charge in [0.05, 0.1) is 0 Å². The van der Waals surface area contributed by atoms with Crippen LogP contribution in [0, 0.1) is 6.92 Å². The summed E-state index contributed by atoms with van der Waals surface area (Å²) in [6, 6.07) is 8.47. The Hall–Kier alpha value is -0.710. The van der Waals surface area contributed by atoms with E-state index < -0.39 is 6.10 Å². The van der Waals surface area contributed by atoms with Gasteiger partial charge in [0.25, 0.3) is 0 Å². The number of hydrogen-bond acceptors (Lipinski definition) is 4. The number of thioether (sulfide) groups is 1. The van der Waals surface area contributed by atoms with Crippen LogP contribution in [0.4, 0.5) is 0 Å². The normalized spacial score (nSPS) is 23.8. The fourth-order valence-electron chi connectivity index (χ4n) is 2.80. The Morgan fingerprint density at radius 2 is 2.29 bits per heavy atom. The minimum atomic E-state index is -0.458. The van der Waals surface area contributed by atoms with Crippen LogP contribution in [0.5, 0.6) is 5.75 Å². The fourth-order valence-corrected chi connectivity index (χ4v) is 3.63. The maximum Gasteiger partial charge on any atom is 0.119 e. The summed E-state index contributed by atoms with van der Waals surface area (Å²) >= 11 is 1.97. The molecule has 1 aliphatic carbocycles. The van der Waals surface area contributed by atoms with Crippen LogP contribution < -0.4 is 10.1 Å². The quantitative estimate of drug-likeness (QED) is 0.812. The first-order valence-corrected chi connectivity index (χ1v) is 9.10. The topological polar surface area (TPSA) is 41.5 Å². The van der Waals surface area contributed by atoms with Crippen molar-refractivity contribution in [1.29, 1.82) is 0 Å². The van der Waals surface area contributed by atoms with E-state index in [1.165, 1.54) is 31.2 Å². The highest BCUT2D eigenvalue weighted by Crippen LogP contribution is 2.26. The van der Waals surface area contributed by atoms with E-state index in [0.29, 0.717) is 19.2 Å². The van der Waals surface area contributed by atoms with Gasteiger partial charge in [-0.25, -0.2) is 0 Å². The molecule has 2 rings (SSSR count). The lowest BCUT2D eigenvalue weighted by Gasteiger charge is -2.29. The van der Waals surface area contributed by atoms with Crippen LogP contribution in [0.15, 0.2) is 24.3 Å². The summed E-state index contributed by atoms with van der Waals surface area (Å²) in [6.45, 7) is 2.99. The second kappa shape index (κ2) is 8.66. The van der Waals surface area contributed by atoms with Gasteiger partial charge in [0.1, 0.15) is 18.5 Å². The van der Waals surface area contributed by atoms with Crippen molar-refractivity contribution in [3.8, 4) is 5.75 Å². The van der Waals surface area contributed by atoms with Crippen LogP contribution in [-0.4, -0.2) is 41.9 Å². The third-order valence-electron chi connectivity index (χ3n) is 4.03. The van der Waals surface area contributed by atoms with Crippen molar-refractivity contribution < 1.29 is 9.84 Å². The Balaban J connectivity index is 1.66. The summed E-state index contributed by atoms with van der Waals surface area (Å²) in [5, 5.41) is 14.3. The highest BCUT2D eigenvalue weighted by Gasteiger charge is 2.21. The van der Waals surface area contributed by atoms with E-state index in [9.17, 15) is 5.11 Å². The molecule has 0 aliphatic heterocycles. The molecule has 0 heterocycles. The minimum absolute atomic E-state index is 0.342. The van der Waals surface area contributed by atoms with Gasteiger partial charge in [-0.1, -0.05) is 18.6 Å². The summed E-state index contributed by atoms with van der Waals surface area (Å²) in [6.07, 6.45) is 6.80. The van der Waals surface area contributed by atoms with Crippen molar-refractivity contribution in [3.05, 3.63) is 29.8 Å². The molecular weight excluding hydrogens is 282 g/mol. The van der Waals surface area contributed by atoms with Crippen molar-refractivity contribution in [2.75, 3.05) is 19.4 Å². The van der Waals surface area contributed by atoms with Crippen molar-refractivity contribution in [3.63, 3.8) is 0 Å². The number of aliphatic hydroxyl groups is 1. The highest BCUT2D eigenvalue weighted by molar-refractivity contribution is 7.99. The first-order valence-electron chi connectivity index (χ1n) is 7.81. The van der Waals surface area contributed by atoms with E-state index in [4.69, 9.17) is 4.74 Å². The van der Waals surface area contributed by atoms with Crippen LogP contribution in [-0.2, 0) is 0 Å². The number of aryl methyl sites for hydroxylation is 1. The fraction of sp³-hybridized carbons (Fsp3) is 0.647. The molecule has 118 valence electrons. The molecule has 1 aromatic rings. The maximum absolute atomic E-state index is 10.0. The SMILES string of the molecule is CSC1CCCC(NCC(O)COc2cccc(C)c2)C1. The molecule has 0 spiro atoms.